The lowest BCUT2D eigenvalue weighted by atomic mass is 9.92. The maximum Gasteiger partial charge on any atom is 0.226 e. The molecule has 0 unspecified atom stereocenters. The van der Waals surface area contributed by atoms with Crippen LogP contribution in [0.1, 0.15) is 22.8 Å². The number of thiophene rings is 1. The molecule has 1 aliphatic heterocycles. The summed E-state index contributed by atoms with van der Waals surface area (Å²) in [5.41, 5.74) is 6.86. The first-order valence-corrected chi connectivity index (χ1v) is 6.20. The summed E-state index contributed by atoms with van der Waals surface area (Å²) in [6, 6.07) is 4.02. The number of hydrogen-bond acceptors (Lipinski definition) is 4. The zero-order valence-electron chi connectivity index (χ0n) is 9.30. The molecule has 2 aromatic rings. The third-order valence-corrected chi connectivity index (χ3v) is 3.98. The summed E-state index contributed by atoms with van der Waals surface area (Å²) < 4.78 is 1.63. The van der Waals surface area contributed by atoms with E-state index in [1.54, 1.807) is 23.1 Å². The number of carbonyl (C=O) groups excluding carboxylic acids is 1. The van der Waals surface area contributed by atoms with Gasteiger partial charge in [-0.05, 0) is 11.4 Å². The molecule has 0 fully saturated rings. The highest BCUT2D eigenvalue weighted by atomic mass is 32.1. The smallest absolute Gasteiger partial charge is 0.226 e. The largest absolute Gasteiger partial charge is 0.382 e. The second kappa shape index (κ2) is 3.59. The molecule has 3 N–H and O–H groups in total. The van der Waals surface area contributed by atoms with E-state index in [1.807, 2.05) is 17.5 Å². The van der Waals surface area contributed by atoms with Crippen molar-refractivity contribution in [3.63, 3.8) is 0 Å². The Labute approximate surface area is 102 Å². The molecule has 0 saturated carbocycles. The van der Waals surface area contributed by atoms with E-state index in [-0.39, 0.29) is 11.8 Å². The zero-order valence-corrected chi connectivity index (χ0v) is 10.1. The molecule has 0 saturated heterocycles. The van der Waals surface area contributed by atoms with Crippen molar-refractivity contribution in [1.29, 1.82) is 0 Å². The standard InChI is InChI=1S/C11H12N4OS/c1-15-11-9(10(12)14-15)6(5-8(16)13-11)7-3-2-4-17-7/h2-4,6H,5H2,1H3,(H2,12,14)(H,13,16)/t6-/m0/s1. The Kier molecular flexibility index (Phi) is 2.19. The minimum atomic E-state index is 0.0129. The van der Waals surface area contributed by atoms with Crippen LogP contribution in [0.25, 0.3) is 0 Å². The molecule has 2 aromatic heterocycles. The van der Waals surface area contributed by atoms with Crippen LogP contribution >= 0.6 is 11.3 Å². The monoisotopic (exact) mass is 248 g/mol. The van der Waals surface area contributed by atoms with Crippen LogP contribution in [0, 0.1) is 0 Å². The molecule has 3 rings (SSSR count). The minimum absolute atomic E-state index is 0.0129. The summed E-state index contributed by atoms with van der Waals surface area (Å²) in [6.45, 7) is 0. The summed E-state index contributed by atoms with van der Waals surface area (Å²) in [7, 11) is 1.78. The molecule has 5 nitrogen and oxygen atoms in total. The van der Waals surface area contributed by atoms with Crippen molar-refractivity contribution in [3.8, 4) is 0 Å². The normalized spacial score (nSPS) is 18.9. The van der Waals surface area contributed by atoms with Crippen LogP contribution in [0.15, 0.2) is 17.5 Å². The fourth-order valence-electron chi connectivity index (χ4n) is 2.26. The number of aromatic nitrogens is 2. The van der Waals surface area contributed by atoms with Gasteiger partial charge in [-0.3, -0.25) is 9.48 Å². The topological polar surface area (TPSA) is 72.9 Å². The Morgan fingerprint density at radius 3 is 3.18 bits per heavy atom. The van der Waals surface area contributed by atoms with Crippen molar-refractivity contribution in [2.24, 2.45) is 7.05 Å². The number of anilines is 2. The van der Waals surface area contributed by atoms with E-state index >= 15 is 0 Å². The lowest BCUT2D eigenvalue weighted by Crippen LogP contribution is -2.24. The van der Waals surface area contributed by atoms with Crippen LogP contribution in [-0.2, 0) is 11.8 Å². The first-order chi connectivity index (χ1) is 8.16. The van der Waals surface area contributed by atoms with Gasteiger partial charge in [0.2, 0.25) is 5.91 Å². The molecule has 6 heteroatoms. The van der Waals surface area contributed by atoms with Gasteiger partial charge in [0.15, 0.2) is 5.82 Å². The second-order valence-corrected chi connectivity index (χ2v) is 5.07. The first-order valence-electron chi connectivity index (χ1n) is 5.32. The number of rotatable bonds is 1. The van der Waals surface area contributed by atoms with Gasteiger partial charge in [0, 0.05) is 29.8 Å². The Bertz CT molecular complexity index is 573. The second-order valence-electron chi connectivity index (χ2n) is 4.09. The summed E-state index contributed by atoms with van der Waals surface area (Å²) >= 11 is 1.64. The van der Waals surface area contributed by atoms with Gasteiger partial charge in [-0.1, -0.05) is 6.07 Å². The van der Waals surface area contributed by atoms with Crippen LogP contribution in [0.5, 0.6) is 0 Å². The molecule has 1 aliphatic rings. The molecular weight excluding hydrogens is 236 g/mol. The van der Waals surface area contributed by atoms with Crippen LogP contribution < -0.4 is 11.1 Å². The highest BCUT2D eigenvalue weighted by Crippen LogP contribution is 2.41. The van der Waals surface area contributed by atoms with Crippen molar-refractivity contribution >= 4 is 28.9 Å². The lowest BCUT2D eigenvalue weighted by molar-refractivity contribution is -0.116. The molecule has 0 aromatic carbocycles. The highest BCUT2D eigenvalue weighted by Gasteiger charge is 2.32. The van der Waals surface area contributed by atoms with Crippen molar-refractivity contribution in [2.45, 2.75) is 12.3 Å². The van der Waals surface area contributed by atoms with Gasteiger partial charge in [-0.2, -0.15) is 5.10 Å². The summed E-state index contributed by atoms with van der Waals surface area (Å²) in [6.07, 6.45) is 0.434. The predicted octanol–water partition coefficient (Wildman–Crippen LogP) is 1.54. The molecule has 3 heterocycles. The summed E-state index contributed by atoms with van der Waals surface area (Å²) in [5, 5.41) is 9.01. The molecule has 0 aliphatic carbocycles. The number of nitrogen functional groups attached to an aromatic ring is 1. The molecule has 0 bridgehead atoms. The maximum atomic E-state index is 11.7. The van der Waals surface area contributed by atoms with E-state index in [4.69, 9.17) is 5.73 Å². The van der Waals surface area contributed by atoms with Crippen molar-refractivity contribution in [1.82, 2.24) is 9.78 Å². The third kappa shape index (κ3) is 1.52. The van der Waals surface area contributed by atoms with Gasteiger partial charge in [0.05, 0.1) is 0 Å². The summed E-state index contributed by atoms with van der Waals surface area (Å²) in [4.78, 5) is 12.9. The Hall–Kier alpha value is -1.82. The van der Waals surface area contributed by atoms with Crippen molar-refractivity contribution in [3.05, 3.63) is 28.0 Å². The Morgan fingerprint density at radius 2 is 2.47 bits per heavy atom. The average molecular weight is 248 g/mol. The van der Waals surface area contributed by atoms with Gasteiger partial charge in [-0.25, -0.2) is 0 Å². The van der Waals surface area contributed by atoms with Gasteiger partial charge in [0.1, 0.15) is 5.82 Å². The number of hydrogen-bond donors (Lipinski definition) is 2. The third-order valence-electron chi connectivity index (χ3n) is 2.99. The SMILES string of the molecule is Cn1nc(N)c2c1NC(=O)C[C@H]2c1cccs1. The van der Waals surface area contributed by atoms with E-state index in [2.05, 4.69) is 10.4 Å². The van der Waals surface area contributed by atoms with Crippen molar-refractivity contribution < 1.29 is 4.79 Å². The number of carbonyl (C=O) groups is 1. The number of nitrogens with zero attached hydrogens (tertiary/aromatic N) is 2. The number of aryl methyl sites for hydroxylation is 1. The van der Waals surface area contributed by atoms with E-state index in [9.17, 15) is 4.79 Å². The van der Waals surface area contributed by atoms with Crippen LogP contribution in [0.2, 0.25) is 0 Å². The van der Waals surface area contributed by atoms with Crippen LogP contribution in [-0.4, -0.2) is 15.7 Å². The zero-order chi connectivity index (χ0) is 12.0. The van der Waals surface area contributed by atoms with Gasteiger partial charge >= 0.3 is 0 Å². The number of nitrogens with one attached hydrogen (secondary N) is 1. The predicted molar refractivity (Wildman–Crippen MR) is 67.0 cm³/mol. The van der Waals surface area contributed by atoms with E-state index < -0.39 is 0 Å². The molecule has 0 spiro atoms. The van der Waals surface area contributed by atoms with E-state index in [0.29, 0.717) is 12.2 Å². The fourth-order valence-corrected chi connectivity index (χ4v) is 3.09. The number of fused-ring (bicyclic) bond motifs is 1. The van der Waals surface area contributed by atoms with Crippen LogP contribution in [0.4, 0.5) is 11.6 Å². The summed E-state index contributed by atoms with van der Waals surface area (Å²) in [5.74, 6) is 1.27. The number of amides is 1. The average Bonchev–Trinajstić information content (AvgIpc) is 2.88. The highest BCUT2D eigenvalue weighted by molar-refractivity contribution is 7.10. The molecular formula is C11H12N4OS. The van der Waals surface area contributed by atoms with Crippen LogP contribution in [0.3, 0.4) is 0 Å². The molecule has 0 radical (unpaired) electrons. The van der Waals surface area contributed by atoms with Gasteiger partial charge in [0.25, 0.3) is 0 Å². The first kappa shape index (κ1) is 10.3. The van der Waals surface area contributed by atoms with E-state index in [0.717, 1.165) is 16.3 Å². The minimum Gasteiger partial charge on any atom is -0.382 e. The Morgan fingerprint density at radius 1 is 1.65 bits per heavy atom. The molecule has 1 amide bonds. The molecule has 17 heavy (non-hydrogen) atoms. The Balaban J connectivity index is 2.17. The molecule has 88 valence electrons. The molecule has 1 atom stereocenters. The maximum absolute atomic E-state index is 11.7. The fraction of sp³-hybridized carbons (Fsp3) is 0.273. The lowest BCUT2D eigenvalue weighted by Gasteiger charge is -2.22. The number of nitrogens with two attached hydrogens (primary N) is 1. The van der Waals surface area contributed by atoms with E-state index in [1.165, 1.54) is 0 Å². The quantitative estimate of drug-likeness (QED) is 0.804. The van der Waals surface area contributed by atoms with Gasteiger partial charge in [-0.15, -0.1) is 11.3 Å². The van der Waals surface area contributed by atoms with Gasteiger partial charge < -0.3 is 11.1 Å². The van der Waals surface area contributed by atoms with Crippen molar-refractivity contribution in [2.75, 3.05) is 11.1 Å².